The van der Waals surface area contributed by atoms with Crippen LogP contribution in [0.1, 0.15) is 18.4 Å². The molecule has 1 aromatic carbocycles. The van der Waals surface area contributed by atoms with Crippen molar-refractivity contribution in [1.82, 2.24) is 5.32 Å². The SMILES string of the molecule is Cc1c(N)cccc1NCCNC(=O)C1CC1. The summed E-state index contributed by atoms with van der Waals surface area (Å²) in [7, 11) is 0. The molecule has 2 rings (SSSR count). The highest BCUT2D eigenvalue weighted by Gasteiger charge is 2.28. The van der Waals surface area contributed by atoms with E-state index in [0.717, 1.165) is 36.3 Å². The van der Waals surface area contributed by atoms with Crippen LogP contribution in [0.5, 0.6) is 0 Å². The molecule has 0 atom stereocenters. The van der Waals surface area contributed by atoms with Gasteiger partial charge >= 0.3 is 0 Å². The summed E-state index contributed by atoms with van der Waals surface area (Å²) in [5.74, 6) is 0.472. The van der Waals surface area contributed by atoms with Crippen molar-refractivity contribution >= 4 is 17.3 Å². The van der Waals surface area contributed by atoms with E-state index in [2.05, 4.69) is 10.6 Å². The van der Waals surface area contributed by atoms with Crippen LogP contribution in [0.2, 0.25) is 0 Å². The molecule has 0 aromatic heterocycles. The Morgan fingerprint density at radius 2 is 2.18 bits per heavy atom. The standard InChI is InChI=1S/C13H19N3O/c1-9-11(14)3-2-4-12(9)15-7-8-16-13(17)10-5-6-10/h2-4,10,15H,5-8,14H2,1H3,(H,16,17). The van der Waals surface area contributed by atoms with Gasteiger partial charge in [-0.1, -0.05) is 6.07 Å². The number of nitrogens with two attached hydrogens (primary N) is 1. The zero-order chi connectivity index (χ0) is 12.3. The number of carbonyl (C=O) groups excluding carboxylic acids is 1. The minimum absolute atomic E-state index is 0.191. The van der Waals surface area contributed by atoms with Crippen LogP contribution < -0.4 is 16.4 Å². The molecular weight excluding hydrogens is 214 g/mol. The van der Waals surface area contributed by atoms with Gasteiger partial charge in [-0.3, -0.25) is 4.79 Å². The predicted octanol–water partition coefficient (Wildman–Crippen LogP) is 1.52. The maximum atomic E-state index is 11.4. The highest BCUT2D eigenvalue weighted by atomic mass is 16.2. The van der Waals surface area contributed by atoms with Gasteiger partial charge in [-0.05, 0) is 37.5 Å². The number of carbonyl (C=O) groups is 1. The van der Waals surface area contributed by atoms with Crippen molar-refractivity contribution in [3.05, 3.63) is 23.8 Å². The second-order valence-electron chi connectivity index (χ2n) is 4.51. The second kappa shape index (κ2) is 5.08. The van der Waals surface area contributed by atoms with Gasteiger partial charge in [-0.25, -0.2) is 0 Å². The van der Waals surface area contributed by atoms with Crippen molar-refractivity contribution < 1.29 is 4.79 Å². The molecular formula is C13H19N3O. The first-order valence-corrected chi connectivity index (χ1v) is 6.05. The molecule has 0 aliphatic heterocycles. The lowest BCUT2D eigenvalue weighted by molar-refractivity contribution is -0.122. The zero-order valence-corrected chi connectivity index (χ0v) is 10.1. The molecule has 17 heavy (non-hydrogen) atoms. The third kappa shape index (κ3) is 3.12. The van der Waals surface area contributed by atoms with E-state index >= 15 is 0 Å². The van der Waals surface area contributed by atoms with Crippen molar-refractivity contribution in [3.63, 3.8) is 0 Å². The predicted molar refractivity (Wildman–Crippen MR) is 69.8 cm³/mol. The summed E-state index contributed by atoms with van der Waals surface area (Å²) in [6.45, 7) is 3.37. The van der Waals surface area contributed by atoms with E-state index in [1.54, 1.807) is 0 Å². The molecule has 4 N–H and O–H groups in total. The van der Waals surface area contributed by atoms with Crippen molar-refractivity contribution in [2.75, 3.05) is 24.1 Å². The Labute approximate surface area is 102 Å². The van der Waals surface area contributed by atoms with Gasteiger partial charge in [-0.15, -0.1) is 0 Å². The van der Waals surface area contributed by atoms with Crippen LogP contribution in [0.25, 0.3) is 0 Å². The van der Waals surface area contributed by atoms with Crippen molar-refractivity contribution in [2.45, 2.75) is 19.8 Å². The minimum atomic E-state index is 0.191. The third-order valence-electron chi connectivity index (χ3n) is 3.06. The first kappa shape index (κ1) is 11.8. The Morgan fingerprint density at radius 3 is 2.88 bits per heavy atom. The van der Waals surface area contributed by atoms with Gasteiger partial charge in [0.25, 0.3) is 0 Å². The third-order valence-corrected chi connectivity index (χ3v) is 3.06. The van der Waals surface area contributed by atoms with E-state index in [-0.39, 0.29) is 11.8 Å². The topological polar surface area (TPSA) is 67.2 Å². The lowest BCUT2D eigenvalue weighted by atomic mass is 10.1. The largest absolute Gasteiger partial charge is 0.398 e. The normalized spacial score (nSPS) is 14.4. The fraction of sp³-hybridized carbons (Fsp3) is 0.462. The van der Waals surface area contributed by atoms with Gasteiger partial charge in [-0.2, -0.15) is 0 Å². The van der Waals surface area contributed by atoms with Crippen LogP contribution >= 0.6 is 0 Å². The Kier molecular flexibility index (Phi) is 3.52. The van der Waals surface area contributed by atoms with Crippen molar-refractivity contribution in [3.8, 4) is 0 Å². The van der Waals surface area contributed by atoms with E-state index in [0.29, 0.717) is 6.54 Å². The number of amides is 1. The molecule has 0 heterocycles. The number of hydrogen-bond acceptors (Lipinski definition) is 3. The Balaban J connectivity index is 1.74. The molecule has 4 heteroatoms. The number of rotatable bonds is 5. The molecule has 0 spiro atoms. The molecule has 1 fully saturated rings. The molecule has 0 bridgehead atoms. The van der Waals surface area contributed by atoms with Crippen LogP contribution in [0.3, 0.4) is 0 Å². The number of benzene rings is 1. The molecule has 1 saturated carbocycles. The van der Waals surface area contributed by atoms with Crippen LogP contribution in [0, 0.1) is 12.8 Å². The number of hydrogen-bond donors (Lipinski definition) is 3. The van der Waals surface area contributed by atoms with E-state index in [4.69, 9.17) is 5.73 Å². The first-order chi connectivity index (χ1) is 8.18. The van der Waals surface area contributed by atoms with E-state index in [9.17, 15) is 4.79 Å². The Morgan fingerprint density at radius 1 is 1.41 bits per heavy atom. The van der Waals surface area contributed by atoms with Gasteiger partial charge in [0.1, 0.15) is 0 Å². The summed E-state index contributed by atoms with van der Waals surface area (Å²) >= 11 is 0. The summed E-state index contributed by atoms with van der Waals surface area (Å²) in [6.07, 6.45) is 2.10. The van der Waals surface area contributed by atoms with Gasteiger partial charge in [0.2, 0.25) is 5.91 Å². The van der Waals surface area contributed by atoms with Gasteiger partial charge < -0.3 is 16.4 Å². The summed E-state index contributed by atoms with van der Waals surface area (Å²) in [5, 5.41) is 6.19. The lowest BCUT2D eigenvalue weighted by Crippen LogP contribution is -2.29. The lowest BCUT2D eigenvalue weighted by Gasteiger charge is -2.11. The maximum Gasteiger partial charge on any atom is 0.223 e. The molecule has 1 aliphatic carbocycles. The average molecular weight is 233 g/mol. The molecule has 1 amide bonds. The first-order valence-electron chi connectivity index (χ1n) is 6.05. The molecule has 0 radical (unpaired) electrons. The summed E-state index contributed by atoms with van der Waals surface area (Å²) in [6, 6.07) is 5.80. The monoisotopic (exact) mass is 233 g/mol. The number of nitrogens with one attached hydrogen (secondary N) is 2. The van der Waals surface area contributed by atoms with E-state index in [1.165, 1.54) is 0 Å². The highest BCUT2D eigenvalue weighted by Crippen LogP contribution is 2.28. The van der Waals surface area contributed by atoms with Crippen molar-refractivity contribution in [1.29, 1.82) is 0 Å². The molecule has 4 nitrogen and oxygen atoms in total. The summed E-state index contributed by atoms with van der Waals surface area (Å²) < 4.78 is 0. The van der Waals surface area contributed by atoms with Gasteiger partial charge in [0, 0.05) is 30.4 Å². The van der Waals surface area contributed by atoms with Crippen LogP contribution in [-0.4, -0.2) is 19.0 Å². The smallest absolute Gasteiger partial charge is 0.223 e. The fourth-order valence-corrected chi connectivity index (χ4v) is 1.72. The summed E-state index contributed by atoms with van der Waals surface area (Å²) in [4.78, 5) is 11.4. The average Bonchev–Trinajstić information content (AvgIpc) is 3.13. The van der Waals surface area contributed by atoms with Crippen LogP contribution in [0.15, 0.2) is 18.2 Å². The zero-order valence-electron chi connectivity index (χ0n) is 10.1. The number of nitrogen functional groups attached to an aromatic ring is 1. The minimum Gasteiger partial charge on any atom is -0.398 e. The molecule has 0 unspecified atom stereocenters. The van der Waals surface area contributed by atoms with Gasteiger partial charge in [0.15, 0.2) is 0 Å². The summed E-state index contributed by atoms with van der Waals surface area (Å²) in [5.41, 5.74) is 8.69. The van der Waals surface area contributed by atoms with Crippen molar-refractivity contribution in [2.24, 2.45) is 5.92 Å². The fourth-order valence-electron chi connectivity index (χ4n) is 1.72. The highest BCUT2D eigenvalue weighted by molar-refractivity contribution is 5.80. The Bertz CT molecular complexity index is 413. The Hall–Kier alpha value is -1.71. The molecule has 1 aromatic rings. The van der Waals surface area contributed by atoms with E-state index < -0.39 is 0 Å². The molecule has 92 valence electrons. The number of anilines is 2. The van der Waals surface area contributed by atoms with Crippen LogP contribution in [-0.2, 0) is 4.79 Å². The molecule has 1 aliphatic rings. The van der Waals surface area contributed by atoms with Crippen LogP contribution in [0.4, 0.5) is 11.4 Å². The quantitative estimate of drug-likeness (QED) is 0.533. The second-order valence-corrected chi connectivity index (χ2v) is 4.51. The van der Waals surface area contributed by atoms with Gasteiger partial charge in [0.05, 0.1) is 0 Å². The maximum absolute atomic E-state index is 11.4. The van der Waals surface area contributed by atoms with E-state index in [1.807, 2.05) is 25.1 Å². The molecule has 0 saturated heterocycles.